The summed E-state index contributed by atoms with van der Waals surface area (Å²) >= 11 is 0. The lowest BCUT2D eigenvalue weighted by Gasteiger charge is -2.18. The number of hydrogen-bond acceptors (Lipinski definition) is 3. The molecule has 0 aliphatic rings. The van der Waals surface area contributed by atoms with Crippen molar-refractivity contribution in [2.24, 2.45) is 0 Å². The van der Waals surface area contributed by atoms with E-state index >= 15 is 0 Å². The quantitative estimate of drug-likeness (QED) is 0.736. The van der Waals surface area contributed by atoms with Crippen molar-refractivity contribution in [3.8, 4) is 0 Å². The fourth-order valence-electron chi connectivity index (χ4n) is 2.25. The van der Waals surface area contributed by atoms with Gasteiger partial charge in [-0.25, -0.2) is 4.98 Å². The van der Waals surface area contributed by atoms with Crippen LogP contribution in [0.5, 0.6) is 0 Å². The number of benzene rings is 2. The monoisotopic (exact) mass is 263 g/mol. The molecule has 2 aromatic carbocycles. The number of aromatic nitrogens is 1. The van der Waals surface area contributed by atoms with Crippen LogP contribution >= 0.6 is 0 Å². The first-order chi connectivity index (χ1) is 9.72. The maximum atomic E-state index is 5.70. The molecule has 0 spiro atoms. The van der Waals surface area contributed by atoms with Gasteiger partial charge in [-0.1, -0.05) is 30.3 Å². The average Bonchev–Trinajstić information content (AvgIpc) is 2.49. The average molecular weight is 263 g/mol. The maximum absolute atomic E-state index is 5.70. The van der Waals surface area contributed by atoms with Gasteiger partial charge in [0.05, 0.1) is 5.52 Å². The second-order valence-corrected chi connectivity index (χ2v) is 4.96. The van der Waals surface area contributed by atoms with E-state index in [9.17, 15) is 0 Å². The first-order valence-electron chi connectivity index (χ1n) is 6.64. The number of fused-ring (bicyclic) bond motifs is 1. The fraction of sp³-hybridized carbons (Fsp3) is 0.118. The lowest BCUT2D eigenvalue weighted by atomic mass is 10.2. The molecule has 100 valence electrons. The number of rotatable bonds is 3. The van der Waals surface area contributed by atoms with E-state index < -0.39 is 0 Å². The first-order valence-corrected chi connectivity index (χ1v) is 6.64. The van der Waals surface area contributed by atoms with Crippen LogP contribution in [0.4, 0.5) is 11.5 Å². The highest BCUT2D eigenvalue weighted by atomic mass is 15.2. The van der Waals surface area contributed by atoms with Crippen molar-refractivity contribution in [3.05, 3.63) is 66.2 Å². The Morgan fingerprint density at radius 2 is 1.70 bits per heavy atom. The Labute approximate surface area is 118 Å². The Bertz CT molecular complexity index is 720. The van der Waals surface area contributed by atoms with Crippen molar-refractivity contribution in [1.82, 2.24) is 4.98 Å². The minimum Gasteiger partial charge on any atom is -0.399 e. The van der Waals surface area contributed by atoms with Crippen molar-refractivity contribution in [1.29, 1.82) is 0 Å². The van der Waals surface area contributed by atoms with Gasteiger partial charge in [0.1, 0.15) is 5.82 Å². The molecule has 0 fully saturated rings. The lowest BCUT2D eigenvalue weighted by Crippen LogP contribution is -2.17. The van der Waals surface area contributed by atoms with Crippen molar-refractivity contribution in [3.63, 3.8) is 0 Å². The largest absolute Gasteiger partial charge is 0.399 e. The van der Waals surface area contributed by atoms with Gasteiger partial charge in [0.25, 0.3) is 0 Å². The number of anilines is 2. The Morgan fingerprint density at radius 3 is 2.50 bits per heavy atom. The summed E-state index contributed by atoms with van der Waals surface area (Å²) in [7, 11) is 2.05. The van der Waals surface area contributed by atoms with E-state index in [0.717, 1.165) is 29.0 Å². The zero-order valence-corrected chi connectivity index (χ0v) is 11.5. The molecule has 3 heteroatoms. The topological polar surface area (TPSA) is 42.1 Å². The van der Waals surface area contributed by atoms with Gasteiger partial charge < -0.3 is 10.6 Å². The molecule has 1 aromatic heterocycles. The molecule has 0 atom stereocenters. The molecule has 3 nitrogen and oxygen atoms in total. The maximum Gasteiger partial charge on any atom is 0.129 e. The molecule has 0 unspecified atom stereocenters. The Balaban J connectivity index is 1.84. The van der Waals surface area contributed by atoms with Crippen LogP contribution < -0.4 is 10.6 Å². The molecule has 3 aromatic rings. The number of nitrogens with zero attached hydrogens (tertiary/aromatic N) is 2. The molecule has 0 aliphatic heterocycles. The van der Waals surface area contributed by atoms with Crippen LogP contribution in [0.3, 0.4) is 0 Å². The Kier molecular flexibility index (Phi) is 3.25. The number of para-hydroxylation sites is 1. The minimum absolute atomic E-state index is 0.792. The molecular formula is C17H17N3. The molecule has 1 heterocycles. The molecule has 0 amide bonds. The van der Waals surface area contributed by atoms with Crippen LogP contribution in [0.2, 0.25) is 0 Å². The predicted molar refractivity (Wildman–Crippen MR) is 84.7 cm³/mol. The molecule has 2 N–H and O–H groups in total. The Hall–Kier alpha value is -2.55. The SMILES string of the molecule is CN(Cc1ccc(N)cc1)c1ccc2ccccc2n1. The van der Waals surface area contributed by atoms with E-state index in [1.54, 1.807) is 0 Å². The summed E-state index contributed by atoms with van der Waals surface area (Å²) in [5.41, 5.74) is 8.74. The number of hydrogen-bond donors (Lipinski definition) is 1. The minimum atomic E-state index is 0.792. The van der Waals surface area contributed by atoms with E-state index in [0.29, 0.717) is 0 Å². The van der Waals surface area contributed by atoms with Crippen molar-refractivity contribution >= 4 is 22.4 Å². The van der Waals surface area contributed by atoms with Gasteiger partial charge in [-0.3, -0.25) is 0 Å². The standard InChI is InChI=1S/C17H17N3/c1-20(12-13-6-9-15(18)10-7-13)17-11-8-14-4-2-3-5-16(14)19-17/h2-11H,12,18H2,1H3. The summed E-state index contributed by atoms with van der Waals surface area (Å²) in [6.07, 6.45) is 0. The third-order valence-corrected chi connectivity index (χ3v) is 3.37. The molecule has 0 saturated carbocycles. The third kappa shape index (κ3) is 2.57. The Morgan fingerprint density at radius 1 is 0.950 bits per heavy atom. The molecule has 20 heavy (non-hydrogen) atoms. The smallest absolute Gasteiger partial charge is 0.129 e. The van der Waals surface area contributed by atoms with Gasteiger partial charge in [-0.05, 0) is 35.9 Å². The van der Waals surface area contributed by atoms with Crippen molar-refractivity contribution < 1.29 is 0 Å². The van der Waals surface area contributed by atoms with Crippen molar-refractivity contribution in [2.75, 3.05) is 17.7 Å². The van der Waals surface area contributed by atoms with Crippen LogP contribution in [0.15, 0.2) is 60.7 Å². The number of nitrogens with two attached hydrogens (primary N) is 1. The summed E-state index contributed by atoms with van der Waals surface area (Å²) in [5.74, 6) is 0.973. The van der Waals surface area contributed by atoms with Gasteiger partial charge in [-0.15, -0.1) is 0 Å². The molecule has 0 radical (unpaired) electrons. The van der Waals surface area contributed by atoms with Gasteiger partial charge in [0.15, 0.2) is 0 Å². The van der Waals surface area contributed by atoms with Gasteiger partial charge in [0, 0.05) is 24.7 Å². The zero-order valence-electron chi connectivity index (χ0n) is 11.5. The first kappa shape index (κ1) is 12.5. The molecular weight excluding hydrogens is 246 g/mol. The highest BCUT2D eigenvalue weighted by molar-refractivity contribution is 5.80. The predicted octanol–water partition coefficient (Wildman–Crippen LogP) is 3.45. The van der Waals surface area contributed by atoms with Crippen molar-refractivity contribution in [2.45, 2.75) is 6.54 Å². The summed E-state index contributed by atoms with van der Waals surface area (Å²) < 4.78 is 0. The number of pyridine rings is 1. The normalized spacial score (nSPS) is 10.7. The van der Waals surface area contributed by atoms with Crippen LogP contribution in [0.1, 0.15) is 5.56 Å². The number of nitrogen functional groups attached to an aromatic ring is 1. The second kappa shape index (κ2) is 5.21. The van der Waals surface area contributed by atoms with E-state index in [2.05, 4.69) is 23.1 Å². The molecule has 3 rings (SSSR count). The summed E-state index contributed by atoms with van der Waals surface area (Å²) in [4.78, 5) is 6.83. The van der Waals surface area contributed by atoms with Crippen LogP contribution in [0.25, 0.3) is 10.9 Å². The lowest BCUT2D eigenvalue weighted by molar-refractivity contribution is 0.903. The molecule has 0 bridgehead atoms. The third-order valence-electron chi connectivity index (χ3n) is 3.37. The van der Waals surface area contributed by atoms with Crippen LogP contribution in [0, 0.1) is 0 Å². The van der Waals surface area contributed by atoms with Gasteiger partial charge in [-0.2, -0.15) is 0 Å². The summed E-state index contributed by atoms with van der Waals surface area (Å²) in [5, 5.41) is 1.16. The van der Waals surface area contributed by atoms with E-state index in [4.69, 9.17) is 10.7 Å². The summed E-state index contributed by atoms with van der Waals surface area (Å²) in [6.45, 7) is 0.811. The molecule has 0 aliphatic carbocycles. The van der Waals surface area contributed by atoms with Crippen LogP contribution in [-0.2, 0) is 6.54 Å². The highest BCUT2D eigenvalue weighted by Gasteiger charge is 2.04. The molecule has 0 saturated heterocycles. The van der Waals surface area contributed by atoms with E-state index in [-0.39, 0.29) is 0 Å². The highest BCUT2D eigenvalue weighted by Crippen LogP contribution is 2.18. The van der Waals surface area contributed by atoms with Gasteiger partial charge in [0.2, 0.25) is 0 Å². The van der Waals surface area contributed by atoms with Gasteiger partial charge >= 0.3 is 0 Å². The van der Waals surface area contributed by atoms with E-state index in [1.807, 2.05) is 49.5 Å². The van der Waals surface area contributed by atoms with Crippen LogP contribution in [-0.4, -0.2) is 12.0 Å². The fourth-order valence-corrected chi connectivity index (χ4v) is 2.25. The summed E-state index contributed by atoms with van der Waals surface area (Å²) in [6, 6.07) is 20.3. The second-order valence-electron chi connectivity index (χ2n) is 4.96. The zero-order chi connectivity index (χ0) is 13.9. The van der Waals surface area contributed by atoms with E-state index in [1.165, 1.54) is 5.56 Å².